The summed E-state index contributed by atoms with van der Waals surface area (Å²) in [6.45, 7) is 6.82. The van der Waals surface area contributed by atoms with Crippen LogP contribution in [0.3, 0.4) is 0 Å². The van der Waals surface area contributed by atoms with E-state index in [1.165, 1.54) is 6.54 Å². The van der Waals surface area contributed by atoms with Crippen LogP contribution in [0.25, 0.3) is 0 Å². The van der Waals surface area contributed by atoms with Gasteiger partial charge in [0.2, 0.25) is 0 Å². The molecule has 0 heterocycles. The number of alkyl halides is 1. The van der Waals surface area contributed by atoms with Gasteiger partial charge in [0.1, 0.15) is 0 Å². The molecule has 2 nitrogen and oxygen atoms in total. The quantitative estimate of drug-likeness (QED) is 0.426. The van der Waals surface area contributed by atoms with Crippen LogP contribution in [-0.4, -0.2) is 47.6 Å². The van der Waals surface area contributed by atoms with Crippen LogP contribution in [0, 0.1) is 0 Å². The Morgan fingerprint density at radius 1 is 1.18 bits per heavy atom. The Morgan fingerprint density at radius 2 is 1.73 bits per heavy atom. The highest BCUT2D eigenvalue weighted by atomic mass is 127. The van der Waals surface area contributed by atoms with Gasteiger partial charge in [-0.1, -0.05) is 22.6 Å². The van der Waals surface area contributed by atoms with Gasteiger partial charge in [-0.05, 0) is 27.9 Å². The van der Waals surface area contributed by atoms with Crippen LogP contribution in [0.4, 0.5) is 0 Å². The second kappa shape index (κ2) is 6.20. The fraction of sp³-hybridized carbons (Fsp3) is 1.00. The van der Waals surface area contributed by atoms with Crippen LogP contribution in [0.15, 0.2) is 0 Å². The lowest BCUT2D eigenvalue weighted by Crippen LogP contribution is -2.35. The SMILES string of the molecule is CC(C)N(CI)CCN(C)C. The average molecular weight is 270 g/mol. The number of nitrogens with zero attached hydrogens (tertiary/aromatic N) is 2. The van der Waals surface area contributed by atoms with Crippen molar-refractivity contribution >= 4 is 22.6 Å². The lowest BCUT2D eigenvalue weighted by atomic mass is 10.3. The molecule has 0 aliphatic heterocycles. The van der Waals surface area contributed by atoms with Gasteiger partial charge >= 0.3 is 0 Å². The highest BCUT2D eigenvalue weighted by Crippen LogP contribution is 2.00. The third kappa shape index (κ3) is 5.87. The largest absolute Gasteiger partial charge is 0.308 e. The van der Waals surface area contributed by atoms with E-state index in [4.69, 9.17) is 0 Å². The van der Waals surface area contributed by atoms with Gasteiger partial charge < -0.3 is 4.90 Å². The topological polar surface area (TPSA) is 6.48 Å². The number of rotatable bonds is 5. The highest BCUT2D eigenvalue weighted by Gasteiger charge is 2.06. The molecule has 0 atom stereocenters. The predicted molar refractivity (Wildman–Crippen MR) is 59.3 cm³/mol. The van der Waals surface area contributed by atoms with Gasteiger partial charge in [0.15, 0.2) is 0 Å². The van der Waals surface area contributed by atoms with Crippen LogP contribution in [0.5, 0.6) is 0 Å². The Balaban J connectivity index is 3.52. The molecule has 0 saturated heterocycles. The highest BCUT2D eigenvalue weighted by molar-refractivity contribution is 14.1. The summed E-state index contributed by atoms with van der Waals surface area (Å²) in [4.78, 5) is 4.68. The first-order chi connectivity index (χ1) is 5.07. The van der Waals surface area contributed by atoms with Gasteiger partial charge in [-0.25, -0.2) is 0 Å². The van der Waals surface area contributed by atoms with Gasteiger partial charge in [0.25, 0.3) is 0 Å². The Morgan fingerprint density at radius 3 is 2.00 bits per heavy atom. The number of halogens is 1. The summed E-state index contributed by atoms with van der Waals surface area (Å²) in [6.07, 6.45) is 0. The van der Waals surface area contributed by atoms with E-state index in [1.807, 2.05) is 0 Å². The molecular weight excluding hydrogens is 251 g/mol. The summed E-state index contributed by atoms with van der Waals surface area (Å²) in [6, 6.07) is 0.673. The maximum atomic E-state index is 2.46. The lowest BCUT2D eigenvalue weighted by Gasteiger charge is -2.25. The number of hydrogen-bond acceptors (Lipinski definition) is 2. The molecule has 0 aliphatic rings. The van der Waals surface area contributed by atoms with E-state index in [1.54, 1.807) is 0 Å². The molecule has 0 aromatic carbocycles. The monoisotopic (exact) mass is 270 g/mol. The molecule has 0 aromatic heterocycles. The molecule has 0 amide bonds. The van der Waals surface area contributed by atoms with Crippen molar-refractivity contribution in [3.63, 3.8) is 0 Å². The van der Waals surface area contributed by atoms with Gasteiger partial charge in [0, 0.05) is 19.1 Å². The van der Waals surface area contributed by atoms with Crippen LogP contribution >= 0.6 is 22.6 Å². The van der Waals surface area contributed by atoms with Crippen molar-refractivity contribution in [3.8, 4) is 0 Å². The van der Waals surface area contributed by atoms with Crippen molar-refractivity contribution < 1.29 is 0 Å². The van der Waals surface area contributed by atoms with Gasteiger partial charge in [-0.2, -0.15) is 0 Å². The van der Waals surface area contributed by atoms with Crippen molar-refractivity contribution in [3.05, 3.63) is 0 Å². The molecule has 0 unspecified atom stereocenters. The standard InChI is InChI=1S/C8H19IN2/c1-8(2)11(7-9)6-5-10(3)4/h8H,5-7H2,1-4H3. The minimum absolute atomic E-state index is 0.673. The zero-order valence-corrected chi connectivity index (χ0v) is 10.1. The Hall–Kier alpha value is 0.650. The first kappa shape index (κ1) is 11.6. The Kier molecular flexibility index (Phi) is 6.56. The third-order valence-electron chi connectivity index (χ3n) is 1.72. The maximum Gasteiger partial charge on any atom is 0.0508 e. The van der Waals surface area contributed by atoms with Crippen molar-refractivity contribution in [1.82, 2.24) is 9.80 Å². The first-order valence-electron chi connectivity index (χ1n) is 4.02. The van der Waals surface area contributed by atoms with E-state index >= 15 is 0 Å². The van der Waals surface area contributed by atoms with E-state index in [0.29, 0.717) is 6.04 Å². The Bertz CT molecular complexity index is 94.1. The normalized spacial score (nSPS) is 12.0. The van der Waals surface area contributed by atoms with Crippen molar-refractivity contribution in [2.75, 3.05) is 31.7 Å². The molecule has 0 fully saturated rings. The van der Waals surface area contributed by atoms with E-state index in [2.05, 4.69) is 60.3 Å². The molecule has 0 N–H and O–H groups in total. The molecule has 0 saturated carbocycles. The van der Waals surface area contributed by atoms with Gasteiger partial charge in [-0.3, -0.25) is 4.90 Å². The van der Waals surface area contributed by atoms with Gasteiger partial charge in [-0.15, -0.1) is 0 Å². The smallest absolute Gasteiger partial charge is 0.0508 e. The predicted octanol–water partition coefficient (Wildman–Crippen LogP) is 1.65. The summed E-state index contributed by atoms with van der Waals surface area (Å²) < 4.78 is 1.13. The molecule has 0 spiro atoms. The molecule has 0 aromatic rings. The zero-order chi connectivity index (χ0) is 8.85. The second-order valence-corrected chi connectivity index (χ2v) is 4.01. The van der Waals surface area contributed by atoms with Crippen LogP contribution in [-0.2, 0) is 0 Å². The summed E-state index contributed by atoms with van der Waals surface area (Å²) in [5, 5.41) is 0. The molecule has 68 valence electrons. The first-order valence-corrected chi connectivity index (χ1v) is 5.55. The van der Waals surface area contributed by atoms with E-state index in [-0.39, 0.29) is 0 Å². The minimum atomic E-state index is 0.673. The molecule has 0 bridgehead atoms. The van der Waals surface area contributed by atoms with Crippen molar-refractivity contribution in [2.24, 2.45) is 0 Å². The number of likely N-dealkylation sites (N-methyl/N-ethyl adjacent to an activating group) is 1. The molecule has 0 rings (SSSR count). The molecule has 11 heavy (non-hydrogen) atoms. The second-order valence-electron chi connectivity index (χ2n) is 3.33. The third-order valence-corrected chi connectivity index (χ3v) is 2.59. The summed E-state index contributed by atoms with van der Waals surface area (Å²) in [5.41, 5.74) is 0. The van der Waals surface area contributed by atoms with Crippen molar-refractivity contribution in [1.29, 1.82) is 0 Å². The van der Waals surface area contributed by atoms with E-state index in [9.17, 15) is 0 Å². The molecule has 0 aliphatic carbocycles. The summed E-state index contributed by atoms with van der Waals surface area (Å²) in [5.74, 6) is 0. The molecule has 0 radical (unpaired) electrons. The summed E-state index contributed by atoms with van der Waals surface area (Å²) >= 11 is 2.42. The van der Waals surface area contributed by atoms with Crippen LogP contribution in [0.1, 0.15) is 13.8 Å². The van der Waals surface area contributed by atoms with E-state index < -0.39 is 0 Å². The fourth-order valence-corrected chi connectivity index (χ4v) is 1.91. The fourth-order valence-electron chi connectivity index (χ4n) is 0.784. The average Bonchev–Trinajstić information content (AvgIpc) is 1.87. The van der Waals surface area contributed by atoms with Gasteiger partial charge in [0.05, 0.1) is 4.55 Å². The van der Waals surface area contributed by atoms with Crippen LogP contribution < -0.4 is 0 Å². The maximum absolute atomic E-state index is 2.46. The lowest BCUT2D eigenvalue weighted by molar-refractivity contribution is 0.236. The molecular formula is C8H19IN2. The zero-order valence-electron chi connectivity index (χ0n) is 7.97. The Labute approximate surface area is 84.1 Å². The van der Waals surface area contributed by atoms with E-state index in [0.717, 1.165) is 11.1 Å². The van der Waals surface area contributed by atoms with Crippen LogP contribution in [0.2, 0.25) is 0 Å². The number of hydrogen-bond donors (Lipinski definition) is 0. The summed E-state index contributed by atoms with van der Waals surface area (Å²) in [7, 11) is 4.23. The molecule has 3 heteroatoms. The van der Waals surface area contributed by atoms with Crippen molar-refractivity contribution in [2.45, 2.75) is 19.9 Å². The minimum Gasteiger partial charge on any atom is -0.308 e.